The van der Waals surface area contributed by atoms with E-state index in [0.29, 0.717) is 3.57 Å². The second-order valence-electron chi connectivity index (χ2n) is 2.62. The third-order valence-electron chi connectivity index (χ3n) is 1.61. The maximum Gasteiger partial charge on any atom is 0.335 e. The van der Waals surface area contributed by atoms with Crippen molar-refractivity contribution in [1.82, 2.24) is 0 Å². The van der Waals surface area contributed by atoms with Crippen LogP contribution in [0.2, 0.25) is 0 Å². The summed E-state index contributed by atoms with van der Waals surface area (Å²) in [4.78, 5) is 21.7. The van der Waals surface area contributed by atoms with Crippen molar-refractivity contribution < 1.29 is 19.8 Å². The van der Waals surface area contributed by atoms with Crippen LogP contribution >= 0.6 is 22.6 Å². The van der Waals surface area contributed by atoms with E-state index in [0.717, 1.165) is 0 Å². The van der Waals surface area contributed by atoms with Gasteiger partial charge in [0, 0.05) is 9.13 Å². The quantitative estimate of drug-likeness (QED) is 0.649. The van der Waals surface area contributed by atoms with Crippen LogP contribution in [0.4, 0.5) is 0 Å². The zero-order valence-corrected chi connectivity index (χ0v) is 9.19. The van der Waals surface area contributed by atoms with Crippen LogP contribution in [0.1, 0.15) is 20.7 Å². The summed E-state index contributed by atoms with van der Waals surface area (Å²) in [5, 5.41) is 17.3. The molecule has 1 aromatic carbocycles. The predicted molar refractivity (Wildman–Crippen MR) is 57.5 cm³/mol. The van der Waals surface area contributed by atoms with E-state index in [1.165, 1.54) is 18.2 Å². The third kappa shape index (κ3) is 2.52. The summed E-state index contributed by atoms with van der Waals surface area (Å²) in [6.07, 6.45) is 0. The molecule has 0 radical (unpaired) electrons. The Morgan fingerprint density at radius 3 is 2.29 bits per heavy atom. The molecule has 74 valence electrons. The van der Waals surface area contributed by atoms with Crippen LogP contribution in [0, 0.1) is 3.57 Å². The Labute approximate surface area is 93.7 Å². The number of carboxylic acids is 1. The fourth-order valence-electron chi connectivity index (χ4n) is 0.965. The Morgan fingerprint density at radius 1 is 1.21 bits per heavy atom. The minimum absolute atomic E-state index is 0.0497. The van der Waals surface area contributed by atoms with E-state index in [9.17, 15) is 9.59 Å². The third-order valence-corrected chi connectivity index (χ3v) is 2.23. The van der Waals surface area contributed by atoms with Crippen molar-refractivity contribution in [2.24, 2.45) is 0 Å². The van der Waals surface area contributed by atoms with E-state index in [1.807, 2.05) is 22.6 Å². The number of rotatable bonds is 3. The summed E-state index contributed by atoms with van der Waals surface area (Å²) < 4.78 is 0.652. The Morgan fingerprint density at radius 2 is 1.79 bits per heavy atom. The molecule has 0 aliphatic heterocycles. The van der Waals surface area contributed by atoms with Crippen molar-refractivity contribution in [2.75, 3.05) is 6.61 Å². The molecule has 0 saturated heterocycles. The Balaban J connectivity index is 3.20. The molecule has 1 aromatic rings. The van der Waals surface area contributed by atoms with E-state index in [4.69, 9.17) is 10.2 Å². The number of aliphatic hydroxyl groups is 1. The Bertz CT molecular complexity index is 386. The minimum atomic E-state index is -1.09. The highest BCUT2D eigenvalue weighted by Crippen LogP contribution is 2.13. The van der Waals surface area contributed by atoms with Crippen LogP contribution in [0.25, 0.3) is 0 Å². The van der Waals surface area contributed by atoms with Gasteiger partial charge in [-0.15, -0.1) is 0 Å². The first-order valence-electron chi connectivity index (χ1n) is 3.72. The zero-order valence-electron chi connectivity index (χ0n) is 7.03. The van der Waals surface area contributed by atoms with Gasteiger partial charge in [0.15, 0.2) is 5.78 Å². The van der Waals surface area contributed by atoms with Crippen LogP contribution in [0.5, 0.6) is 0 Å². The van der Waals surface area contributed by atoms with E-state index in [2.05, 4.69) is 0 Å². The van der Waals surface area contributed by atoms with Crippen LogP contribution in [0.3, 0.4) is 0 Å². The van der Waals surface area contributed by atoms with Gasteiger partial charge in [-0.25, -0.2) is 4.79 Å². The molecule has 1 rings (SSSR count). The van der Waals surface area contributed by atoms with Gasteiger partial charge < -0.3 is 10.2 Å². The van der Waals surface area contributed by atoms with Gasteiger partial charge >= 0.3 is 5.97 Å². The number of carboxylic acid groups (broad SMARTS) is 1. The van der Waals surface area contributed by atoms with E-state index < -0.39 is 18.4 Å². The van der Waals surface area contributed by atoms with Crippen molar-refractivity contribution in [3.05, 3.63) is 32.9 Å². The molecule has 0 aliphatic rings. The predicted octanol–water partition coefficient (Wildman–Crippen LogP) is 1.16. The number of benzene rings is 1. The lowest BCUT2D eigenvalue weighted by Gasteiger charge is -2.01. The highest BCUT2D eigenvalue weighted by Gasteiger charge is 2.10. The molecule has 0 aromatic heterocycles. The second kappa shape index (κ2) is 4.52. The maximum atomic E-state index is 11.1. The van der Waals surface area contributed by atoms with Gasteiger partial charge in [0.1, 0.15) is 6.61 Å². The van der Waals surface area contributed by atoms with Crippen LogP contribution in [-0.4, -0.2) is 28.6 Å². The van der Waals surface area contributed by atoms with Crippen molar-refractivity contribution in [1.29, 1.82) is 0 Å². The average Bonchev–Trinajstić information content (AvgIpc) is 2.15. The fourth-order valence-corrected chi connectivity index (χ4v) is 1.64. The summed E-state index contributed by atoms with van der Waals surface area (Å²) >= 11 is 1.92. The summed E-state index contributed by atoms with van der Waals surface area (Å²) in [6, 6.07) is 4.24. The summed E-state index contributed by atoms with van der Waals surface area (Å²) in [5.41, 5.74) is 0.269. The molecule has 14 heavy (non-hydrogen) atoms. The number of carbonyl (C=O) groups excluding carboxylic acids is 1. The van der Waals surface area contributed by atoms with Crippen LogP contribution in [0.15, 0.2) is 18.2 Å². The van der Waals surface area contributed by atoms with Crippen molar-refractivity contribution in [3.63, 3.8) is 0 Å². The molecule has 0 aliphatic carbocycles. The number of hydrogen-bond donors (Lipinski definition) is 2. The molecular formula is C9H7IO4. The molecule has 0 amide bonds. The number of aromatic carboxylic acids is 1. The number of halogens is 1. The standard InChI is InChI=1S/C9H7IO4/c10-7-2-5(8(12)4-11)1-6(3-7)9(13)14/h1-3,11H,4H2,(H,13,14). The van der Waals surface area contributed by atoms with Gasteiger partial charge in [0.25, 0.3) is 0 Å². The number of hydrogen-bond acceptors (Lipinski definition) is 3. The highest BCUT2D eigenvalue weighted by atomic mass is 127. The zero-order chi connectivity index (χ0) is 10.7. The molecule has 0 bridgehead atoms. The lowest BCUT2D eigenvalue weighted by molar-refractivity contribution is 0.0697. The largest absolute Gasteiger partial charge is 0.478 e. The van der Waals surface area contributed by atoms with Gasteiger partial charge in [-0.3, -0.25) is 4.79 Å². The molecule has 2 N–H and O–H groups in total. The number of Topliss-reactive ketones (excluding diaryl/α,β-unsaturated/α-hetero) is 1. The molecule has 0 atom stereocenters. The molecule has 0 saturated carbocycles. The summed E-state index contributed by atoms with van der Waals surface area (Å²) in [5.74, 6) is -1.57. The van der Waals surface area contributed by atoms with E-state index in [1.54, 1.807) is 0 Å². The van der Waals surface area contributed by atoms with Gasteiger partial charge in [-0.1, -0.05) is 0 Å². The van der Waals surface area contributed by atoms with Crippen LogP contribution < -0.4 is 0 Å². The van der Waals surface area contributed by atoms with E-state index in [-0.39, 0.29) is 11.1 Å². The first kappa shape index (κ1) is 11.1. The fraction of sp³-hybridized carbons (Fsp3) is 0.111. The second-order valence-corrected chi connectivity index (χ2v) is 3.86. The monoisotopic (exact) mass is 306 g/mol. The molecule has 5 heteroatoms. The molecular weight excluding hydrogens is 299 g/mol. The molecule has 0 heterocycles. The minimum Gasteiger partial charge on any atom is -0.478 e. The average molecular weight is 306 g/mol. The van der Waals surface area contributed by atoms with Gasteiger partial charge in [-0.2, -0.15) is 0 Å². The highest BCUT2D eigenvalue weighted by molar-refractivity contribution is 14.1. The SMILES string of the molecule is O=C(O)c1cc(I)cc(C(=O)CO)c1. The number of carbonyl (C=O) groups is 2. The van der Waals surface area contributed by atoms with Crippen molar-refractivity contribution in [2.45, 2.75) is 0 Å². The maximum absolute atomic E-state index is 11.1. The topological polar surface area (TPSA) is 74.6 Å². The van der Waals surface area contributed by atoms with Gasteiger partial charge in [0.2, 0.25) is 0 Å². The van der Waals surface area contributed by atoms with Crippen molar-refractivity contribution >= 4 is 34.3 Å². The number of ketones is 1. The molecule has 0 unspecified atom stereocenters. The van der Waals surface area contributed by atoms with Crippen LogP contribution in [-0.2, 0) is 0 Å². The molecule has 0 fully saturated rings. The normalized spacial score (nSPS) is 9.86. The van der Waals surface area contributed by atoms with Crippen molar-refractivity contribution in [3.8, 4) is 0 Å². The summed E-state index contributed by atoms with van der Waals surface area (Å²) in [7, 11) is 0. The first-order chi connectivity index (χ1) is 6.54. The Hall–Kier alpha value is -0.950. The summed E-state index contributed by atoms with van der Waals surface area (Å²) in [6.45, 7) is -0.612. The lowest BCUT2D eigenvalue weighted by atomic mass is 10.1. The molecule has 0 spiro atoms. The van der Waals surface area contributed by atoms with Gasteiger partial charge in [-0.05, 0) is 40.8 Å². The van der Waals surface area contributed by atoms with E-state index >= 15 is 0 Å². The Kier molecular flexibility index (Phi) is 3.59. The molecule has 4 nitrogen and oxygen atoms in total. The lowest BCUT2D eigenvalue weighted by Crippen LogP contribution is -2.07. The first-order valence-corrected chi connectivity index (χ1v) is 4.80. The smallest absolute Gasteiger partial charge is 0.335 e. The number of aliphatic hydroxyl groups excluding tert-OH is 1. The van der Waals surface area contributed by atoms with Gasteiger partial charge in [0.05, 0.1) is 5.56 Å².